The van der Waals surface area contributed by atoms with E-state index in [-0.39, 0.29) is 17.0 Å². The molecule has 0 radical (unpaired) electrons. The molecule has 1 amide bonds. The molecule has 11 heteroatoms. The van der Waals surface area contributed by atoms with Gasteiger partial charge in [-0.1, -0.05) is 19.9 Å². The molecule has 33 heavy (non-hydrogen) atoms. The molecule has 0 aliphatic carbocycles. The highest BCUT2D eigenvalue weighted by Gasteiger charge is 2.23. The number of thiophene rings is 1. The molecule has 0 unspecified atom stereocenters. The predicted molar refractivity (Wildman–Crippen MR) is 126 cm³/mol. The second-order valence-corrected chi connectivity index (χ2v) is 10.0. The lowest BCUT2D eigenvalue weighted by atomic mass is 10.1. The number of sulfonamides is 1. The molecule has 4 aromatic rings. The molecule has 3 aromatic heterocycles. The van der Waals surface area contributed by atoms with E-state index in [0.717, 1.165) is 10.9 Å². The Labute approximate surface area is 194 Å². The quantitative estimate of drug-likeness (QED) is 0.394. The van der Waals surface area contributed by atoms with Crippen LogP contribution in [0.15, 0.2) is 62.1 Å². The van der Waals surface area contributed by atoms with Crippen LogP contribution in [0.5, 0.6) is 0 Å². The lowest BCUT2D eigenvalue weighted by Crippen LogP contribution is -2.30. The second kappa shape index (κ2) is 9.30. The van der Waals surface area contributed by atoms with Crippen molar-refractivity contribution in [3.05, 3.63) is 69.7 Å². The Kier molecular flexibility index (Phi) is 6.45. The molecule has 3 heterocycles. The van der Waals surface area contributed by atoms with Crippen LogP contribution in [0, 0.1) is 0 Å². The van der Waals surface area contributed by atoms with Crippen molar-refractivity contribution < 1.29 is 17.6 Å². The van der Waals surface area contributed by atoms with Crippen LogP contribution in [0.3, 0.4) is 0 Å². The third-order valence-electron chi connectivity index (χ3n) is 5.12. The Hall–Kier alpha value is -3.28. The van der Waals surface area contributed by atoms with E-state index in [9.17, 15) is 18.0 Å². The predicted octanol–water partition coefficient (Wildman–Crippen LogP) is 3.21. The number of nitrogens with zero attached hydrogens (tertiary/aromatic N) is 2. The third-order valence-corrected chi connectivity index (χ3v) is 8.02. The normalized spacial score (nSPS) is 11.8. The average molecular weight is 487 g/mol. The van der Waals surface area contributed by atoms with Gasteiger partial charge >= 0.3 is 0 Å². The summed E-state index contributed by atoms with van der Waals surface area (Å²) in [7, 11) is -3.73. The van der Waals surface area contributed by atoms with Crippen LogP contribution in [0.4, 0.5) is 0 Å². The number of nitrogens with one attached hydrogen (secondary N) is 2. The minimum Gasteiger partial charge on any atom is -0.443 e. The maximum absolute atomic E-state index is 12.9. The topological polar surface area (TPSA) is 125 Å². The molecule has 9 nitrogen and oxygen atoms in total. The van der Waals surface area contributed by atoms with Crippen LogP contribution < -0.4 is 10.9 Å². The van der Waals surface area contributed by atoms with Gasteiger partial charge in [-0.15, -0.1) is 11.3 Å². The molecule has 1 aromatic carbocycles. The number of amides is 1. The van der Waals surface area contributed by atoms with Crippen LogP contribution in [0.25, 0.3) is 21.7 Å². The first-order valence-corrected chi connectivity index (χ1v) is 12.6. The number of oxazole rings is 1. The monoisotopic (exact) mass is 486 g/mol. The SMILES string of the molecule is CCN(CC)S(=O)(=O)c1ccc2[nH]c(=O)cc(C(=O)NCc3coc(-c4cccs4)n3)c2c1. The van der Waals surface area contributed by atoms with E-state index in [1.165, 1.54) is 40.1 Å². The summed E-state index contributed by atoms with van der Waals surface area (Å²) >= 11 is 1.49. The molecule has 0 atom stereocenters. The number of H-pyrrole nitrogens is 1. The highest BCUT2D eigenvalue weighted by molar-refractivity contribution is 7.89. The van der Waals surface area contributed by atoms with Gasteiger partial charge in [0, 0.05) is 30.1 Å². The van der Waals surface area contributed by atoms with Crippen molar-refractivity contribution in [3.8, 4) is 10.8 Å². The molecule has 0 bridgehead atoms. The van der Waals surface area contributed by atoms with Crippen LogP contribution in [0.2, 0.25) is 0 Å². The Bertz CT molecular complexity index is 1450. The molecule has 2 N–H and O–H groups in total. The first kappa shape index (κ1) is 22.9. The summed E-state index contributed by atoms with van der Waals surface area (Å²) in [6.45, 7) is 4.24. The minimum atomic E-state index is -3.73. The van der Waals surface area contributed by atoms with Crippen molar-refractivity contribution in [3.63, 3.8) is 0 Å². The van der Waals surface area contributed by atoms with Gasteiger partial charge in [0.1, 0.15) is 6.26 Å². The van der Waals surface area contributed by atoms with Crippen molar-refractivity contribution >= 4 is 38.2 Å². The number of fused-ring (bicyclic) bond motifs is 1. The number of carbonyl (C=O) groups is 1. The van der Waals surface area contributed by atoms with Gasteiger partial charge in [0.05, 0.1) is 27.6 Å². The molecule has 0 aliphatic heterocycles. The zero-order valence-corrected chi connectivity index (χ0v) is 19.6. The number of rotatable bonds is 8. The number of carbonyl (C=O) groups excluding carboxylic acids is 1. The summed E-state index contributed by atoms with van der Waals surface area (Å²) in [6.07, 6.45) is 1.46. The Morgan fingerprint density at radius 1 is 1.21 bits per heavy atom. The van der Waals surface area contributed by atoms with Gasteiger partial charge < -0.3 is 14.7 Å². The fourth-order valence-electron chi connectivity index (χ4n) is 3.46. The molecule has 0 saturated carbocycles. The molecule has 172 valence electrons. The van der Waals surface area contributed by atoms with Crippen LogP contribution >= 0.6 is 11.3 Å². The summed E-state index contributed by atoms with van der Waals surface area (Å²) in [5.74, 6) is -0.0636. The molecule has 4 rings (SSSR count). The lowest BCUT2D eigenvalue weighted by molar-refractivity contribution is 0.0952. The van der Waals surface area contributed by atoms with E-state index in [4.69, 9.17) is 4.42 Å². The van der Waals surface area contributed by atoms with Gasteiger partial charge in [-0.05, 0) is 29.6 Å². The number of benzene rings is 1. The first-order chi connectivity index (χ1) is 15.8. The first-order valence-electron chi connectivity index (χ1n) is 10.3. The molecule has 0 saturated heterocycles. The average Bonchev–Trinajstić information content (AvgIpc) is 3.49. The summed E-state index contributed by atoms with van der Waals surface area (Å²) in [5, 5.41) is 4.97. The minimum absolute atomic E-state index is 0.0527. The number of aromatic amines is 1. The van der Waals surface area contributed by atoms with Gasteiger partial charge in [-0.3, -0.25) is 9.59 Å². The highest BCUT2D eigenvalue weighted by atomic mass is 32.2. The number of hydrogen-bond donors (Lipinski definition) is 2. The second-order valence-electron chi connectivity index (χ2n) is 7.15. The van der Waals surface area contributed by atoms with E-state index in [1.54, 1.807) is 13.8 Å². The molecule has 0 fully saturated rings. The highest BCUT2D eigenvalue weighted by Crippen LogP contribution is 2.24. The van der Waals surface area contributed by atoms with Crippen molar-refractivity contribution in [1.29, 1.82) is 0 Å². The summed E-state index contributed by atoms with van der Waals surface area (Å²) < 4.78 is 32.6. The van der Waals surface area contributed by atoms with E-state index < -0.39 is 21.5 Å². The number of hydrogen-bond acceptors (Lipinski definition) is 7. The van der Waals surface area contributed by atoms with E-state index in [1.807, 2.05) is 17.5 Å². The smallest absolute Gasteiger partial charge is 0.252 e. The van der Waals surface area contributed by atoms with Crippen molar-refractivity contribution in [2.75, 3.05) is 13.1 Å². The zero-order chi connectivity index (χ0) is 23.6. The van der Waals surface area contributed by atoms with Crippen molar-refractivity contribution in [2.45, 2.75) is 25.3 Å². The largest absolute Gasteiger partial charge is 0.443 e. The molecule has 0 aliphatic rings. The van der Waals surface area contributed by atoms with Crippen molar-refractivity contribution in [2.24, 2.45) is 0 Å². The fourth-order valence-corrected chi connectivity index (χ4v) is 5.60. The van der Waals surface area contributed by atoms with Gasteiger partial charge in [0.2, 0.25) is 21.5 Å². The fraction of sp³-hybridized carbons (Fsp3) is 0.227. The standard InChI is InChI=1S/C22H22N4O5S2/c1-3-26(4-2)33(29,30)15-7-8-18-16(10-15)17(11-20(27)25-18)21(28)23-12-14-13-31-22(24-14)19-6-5-9-32-19/h5-11,13H,3-4,12H2,1-2H3,(H,23,28)(H,25,27). The maximum atomic E-state index is 12.9. The Balaban J connectivity index is 1.63. The summed E-state index contributed by atoms with van der Waals surface area (Å²) in [5.41, 5.74) is 0.499. The van der Waals surface area contributed by atoms with Gasteiger partial charge in [-0.25, -0.2) is 13.4 Å². The van der Waals surface area contributed by atoms with E-state index in [0.29, 0.717) is 35.6 Å². The maximum Gasteiger partial charge on any atom is 0.252 e. The van der Waals surface area contributed by atoms with Crippen LogP contribution in [-0.2, 0) is 16.6 Å². The van der Waals surface area contributed by atoms with E-state index >= 15 is 0 Å². The lowest BCUT2D eigenvalue weighted by Gasteiger charge is -2.19. The van der Waals surface area contributed by atoms with Crippen molar-refractivity contribution in [1.82, 2.24) is 19.6 Å². The van der Waals surface area contributed by atoms with Gasteiger partial charge in [0.15, 0.2) is 0 Å². The van der Waals surface area contributed by atoms with Crippen LogP contribution in [0.1, 0.15) is 29.9 Å². The molecular weight excluding hydrogens is 464 g/mol. The van der Waals surface area contributed by atoms with Gasteiger partial charge in [0.25, 0.3) is 5.91 Å². The van der Waals surface area contributed by atoms with Gasteiger partial charge in [-0.2, -0.15) is 4.31 Å². The Morgan fingerprint density at radius 3 is 2.70 bits per heavy atom. The number of pyridine rings is 1. The van der Waals surface area contributed by atoms with E-state index in [2.05, 4.69) is 15.3 Å². The molecule has 0 spiro atoms. The third kappa shape index (κ3) is 4.61. The Morgan fingerprint density at radius 2 is 2.00 bits per heavy atom. The zero-order valence-electron chi connectivity index (χ0n) is 18.0. The summed E-state index contributed by atoms with van der Waals surface area (Å²) in [4.78, 5) is 33.0. The summed E-state index contributed by atoms with van der Waals surface area (Å²) in [6, 6.07) is 9.26. The molecular formula is C22H22N4O5S2. The van der Waals surface area contributed by atoms with Crippen LogP contribution in [-0.4, -0.2) is 41.7 Å². The number of aromatic nitrogens is 2.